The molecule has 0 saturated heterocycles. The Morgan fingerprint density at radius 1 is 0.778 bits per heavy atom. The lowest BCUT2D eigenvalue weighted by molar-refractivity contribution is 0.0954. The van der Waals surface area contributed by atoms with E-state index in [1.54, 1.807) is 66.7 Å². The molecule has 0 radical (unpaired) electrons. The highest BCUT2D eigenvalue weighted by Crippen LogP contribution is 2.13. The molecule has 0 aliphatic rings. The van der Waals surface area contributed by atoms with Crippen LogP contribution >= 0.6 is 0 Å². The maximum absolute atomic E-state index is 12.1. The Hall–Kier alpha value is -3.93. The summed E-state index contributed by atoms with van der Waals surface area (Å²) in [5, 5.41) is 16.2. The molecule has 134 valence electrons. The van der Waals surface area contributed by atoms with E-state index in [1.165, 1.54) is 12.3 Å². The van der Waals surface area contributed by atoms with Gasteiger partial charge in [0, 0.05) is 22.4 Å². The van der Waals surface area contributed by atoms with E-state index in [-0.39, 0.29) is 11.7 Å². The minimum Gasteiger partial charge on any atom is -0.507 e. The number of phenolic OH excluding ortho intramolecular Hbond substituents is 1. The maximum atomic E-state index is 12.1. The number of hydrogen-bond acceptors (Lipinski definition) is 4. The van der Waals surface area contributed by atoms with E-state index in [2.05, 4.69) is 15.8 Å². The first-order chi connectivity index (χ1) is 13.1. The molecule has 2 amide bonds. The van der Waals surface area contributed by atoms with Gasteiger partial charge >= 0.3 is 0 Å². The molecule has 6 heteroatoms. The number of benzene rings is 3. The van der Waals surface area contributed by atoms with Gasteiger partial charge in [-0.1, -0.05) is 30.3 Å². The first-order valence-electron chi connectivity index (χ1n) is 8.21. The topological polar surface area (TPSA) is 90.8 Å². The van der Waals surface area contributed by atoms with Gasteiger partial charge in [0.15, 0.2) is 0 Å². The van der Waals surface area contributed by atoms with E-state index in [1.807, 2.05) is 6.07 Å². The summed E-state index contributed by atoms with van der Waals surface area (Å²) in [5.74, 6) is -0.545. The molecule has 0 heterocycles. The molecule has 0 bridgehead atoms. The Bertz CT molecular complexity index is 967. The Morgan fingerprint density at radius 2 is 1.41 bits per heavy atom. The largest absolute Gasteiger partial charge is 0.507 e. The number of nitrogens with one attached hydrogen (secondary N) is 2. The zero-order chi connectivity index (χ0) is 19.1. The number of anilines is 1. The SMILES string of the molecule is O=C(NN=Cc1ccccc1O)c1ccc(NC(=O)c2ccccc2)cc1. The number of rotatable bonds is 5. The van der Waals surface area contributed by atoms with Crippen LogP contribution in [-0.4, -0.2) is 23.1 Å². The minimum atomic E-state index is -0.400. The van der Waals surface area contributed by atoms with Crippen molar-refractivity contribution in [2.45, 2.75) is 0 Å². The molecule has 0 aliphatic carbocycles. The fourth-order valence-electron chi connectivity index (χ4n) is 2.32. The number of hydrazone groups is 1. The Kier molecular flexibility index (Phi) is 5.59. The molecule has 0 saturated carbocycles. The summed E-state index contributed by atoms with van der Waals surface area (Å²) in [4.78, 5) is 24.2. The first-order valence-corrected chi connectivity index (χ1v) is 8.21. The third-order valence-corrected chi connectivity index (χ3v) is 3.75. The number of nitrogens with zero attached hydrogens (tertiary/aromatic N) is 1. The molecule has 0 aromatic heterocycles. The van der Waals surface area contributed by atoms with Crippen LogP contribution in [0.2, 0.25) is 0 Å². The highest BCUT2D eigenvalue weighted by molar-refractivity contribution is 6.04. The number of amides is 2. The number of aromatic hydroxyl groups is 1. The third-order valence-electron chi connectivity index (χ3n) is 3.75. The summed E-state index contributed by atoms with van der Waals surface area (Å²) >= 11 is 0. The predicted molar refractivity (Wildman–Crippen MR) is 104 cm³/mol. The Balaban J connectivity index is 1.59. The van der Waals surface area contributed by atoms with Crippen LogP contribution in [0.3, 0.4) is 0 Å². The lowest BCUT2D eigenvalue weighted by Gasteiger charge is -2.06. The van der Waals surface area contributed by atoms with E-state index in [0.29, 0.717) is 22.4 Å². The van der Waals surface area contributed by atoms with Gasteiger partial charge in [-0.05, 0) is 48.5 Å². The molecule has 27 heavy (non-hydrogen) atoms. The molecule has 0 atom stereocenters. The molecule has 3 aromatic rings. The zero-order valence-corrected chi connectivity index (χ0v) is 14.3. The van der Waals surface area contributed by atoms with Crippen LogP contribution in [0.5, 0.6) is 5.75 Å². The summed E-state index contributed by atoms with van der Waals surface area (Å²) in [6, 6.07) is 22.0. The normalized spacial score (nSPS) is 10.5. The molecule has 0 aliphatic heterocycles. The van der Waals surface area contributed by atoms with Crippen molar-refractivity contribution in [1.29, 1.82) is 0 Å². The lowest BCUT2D eigenvalue weighted by atomic mass is 10.1. The van der Waals surface area contributed by atoms with Gasteiger partial charge in [-0.25, -0.2) is 5.43 Å². The number of hydrogen-bond donors (Lipinski definition) is 3. The maximum Gasteiger partial charge on any atom is 0.271 e. The summed E-state index contributed by atoms with van der Waals surface area (Å²) in [6.45, 7) is 0. The van der Waals surface area contributed by atoms with Gasteiger partial charge in [0.25, 0.3) is 11.8 Å². The van der Waals surface area contributed by atoms with Crippen LogP contribution < -0.4 is 10.7 Å². The number of phenols is 1. The standard InChI is InChI=1S/C21H17N3O3/c25-19-9-5-4-8-17(19)14-22-24-21(27)16-10-12-18(13-11-16)23-20(26)15-6-2-1-3-7-15/h1-14,25H,(H,23,26)(H,24,27). The van der Waals surface area contributed by atoms with E-state index in [4.69, 9.17) is 0 Å². The van der Waals surface area contributed by atoms with E-state index in [9.17, 15) is 14.7 Å². The van der Waals surface area contributed by atoms with Gasteiger partial charge < -0.3 is 10.4 Å². The molecule has 3 N–H and O–H groups in total. The van der Waals surface area contributed by atoms with E-state index >= 15 is 0 Å². The van der Waals surface area contributed by atoms with Crippen molar-refractivity contribution < 1.29 is 14.7 Å². The molecule has 3 aromatic carbocycles. The summed E-state index contributed by atoms with van der Waals surface area (Å²) in [5.41, 5.74) is 4.42. The fourth-order valence-corrected chi connectivity index (χ4v) is 2.32. The summed E-state index contributed by atoms with van der Waals surface area (Å²) in [7, 11) is 0. The second kappa shape index (κ2) is 8.44. The molecule has 0 fully saturated rings. The van der Waals surface area contributed by atoms with E-state index < -0.39 is 5.91 Å². The van der Waals surface area contributed by atoms with Crippen molar-refractivity contribution in [2.24, 2.45) is 5.10 Å². The van der Waals surface area contributed by atoms with Crippen molar-refractivity contribution in [3.05, 3.63) is 95.6 Å². The van der Waals surface area contributed by atoms with Gasteiger partial charge in [0.05, 0.1) is 6.21 Å². The molecule has 3 rings (SSSR count). The van der Waals surface area contributed by atoms with Crippen molar-refractivity contribution in [3.63, 3.8) is 0 Å². The van der Waals surface area contributed by atoms with Gasteiger partial charge in [-0.2, -0.15) is 5.10 Å². The average molecular weight is 359 g/mol. The minimum absolute atomic E-state index is 0.0778. The quantitative estimate of drug-likeness (QED) is 0.482. The molecular formula is C21H17N3O3. The molecular weight excluding hydrogens is 342 g/mol. The van der Waals surface area contributed by atoms with Crippen molar-refractivity contribution >= 4 is 23.7 Å². The van der Waals surface area contributed by atoms with Gasteiger partial charge in [-0.3, -0.25) is 9.59 Å². The van der Waals surface area contributed by atoms with Crippen LogP contribution in [0.4, 0.5) is 5.69 Å². The van der Waals surface area contributed by atoms with Crippen molar-refractivity contribution in [1.82, 2.24) is 5.43 Å². The highest BCUT2D eigenvalue weighted by Gasteiger charge is 2.07. The summed E-state index contributed by atoms with van der Waals surface area (Å²) < 4.78 is 0. The smallest absolute Gasteiger partial charge is 0.271 e. The Labute approximate surface area is 156 Å². The fraction of sp³-hybridized carbons (Fsp3) is 0. The summed E-state index contributed by atoms with van der Waals surface area (Å²) in [6.07, 6.45) is 1.36. The molecule has 0 spiro atoms. The number of carbonyl (C=O) groups excluding carboxylic acids is 2. The van der Waals surface area contributed by atoms with Crippen LogP contribution in [0.15, 0.2) is 84.0 Å². The van der Waals surface area contributed by atoms with Gasteiger partial charge in [0.2, 0.25) is 0 Å². The average Bonchev–Trinajstić information content (AvgIpc) is 2.70. The second-order valence-electron chi connectivity index (χ2n) is 5.66. The van der Waals surface area contributed by atoms with Crippen LogP contribution in [0, 0.1) is 0 Å². The Morgan fingerprint density at radius 3 is 2.11 bits per heavy atom. The molecule has 0 unspecified atom stereocenters. The van der Waals surface area contributed by atoms with Crippen molar-refractivity contribution in [3.8, 4) is 5.75 Å². The van der Waals surface area contributed by atoms with E-state index in [0.717, 1.165) is 0 Å². The molecule has 6 nitrogen and oxygen atoms in total. The predicted octanol–water partition coefficient (Wildman–Crippen LogP) is 3.41. The van der Waals surface area contributed by atoms with Gasteiger partial charge in [-0.15, -0.1) is 0 Å². The number of carbonyl (C=O) groups is 2. The van der Waals surface area contributed by atoms with Crippen LogP contribution in [0.1, 0.15) is 26.3 Å². The number of para-hydroxylation sites is 1. The lowest BCUT2D eigenvalue weighted by Crippen LogP contribution is -2.17. The monoisotopic (exact) mass is 359 g/mol. The third kappa shape index (κ3) is 4.79. The zero-order valence-electron chi connectivity index (χ0n) is 14.3. The first kappa shape index (κ1) is 17.9. The van der Waals surface area contributed by atoms with Crippen molar-refractivity contribution in [2.75, 3.05) is 5.32 Å². The second-order valence-corrected chi connectivity index (χ2v) is 5.66. The van der Waals surface area contributed by atoms with Gasteiger partial charge in [0.1, 0.15) is 5.75 Å². The highest BCUT2D eigenvalue weighted by atomic mass is 16.3. The van der Waals surface area contributed by atoms with Crippen LogP contribution in [0.25, 0.3) is 0 Å². The van der Waals surface area contributed by atoms with Crippen LogP contribution in [-0.2, 0) is 0 Å².